The zero-order valence-electron chi connectivity index (χ0n) is 8.01. The van der Waals surface area contributed by atoms with Gasteiger partial charge in [0.2, 0.25) is 5.78 Å². The fourth-order valence-electron chi connectivity index (χ4n) is 1.10. The molecule has 4 nitrogen and oxygen atoms in total. The summed E-state index contributed by atoms with van der Waals surface area (Å²) in [7, 11) is 1.57. The van der Waals surface area contributed by atoms with Crippen LogP contribution >= 0.6 is 11.3 Å². The first-order chi connectivity index (χ1) is 7.31. The molecule has 0 atom stereocenters. The van der Waals surface area contributed by atoms with E-state index in [0.29, 0.717) is 15.6 Å². The molecule has 2 rings (SSSR count). The molecule has 0 radical (unpaired) electrons. The molecule has 0 amide bonds. The number of hydrogen-bond acceptors (Lipinski definition) is 5. The van der Waals surface area contributed by atoms with Gasteiger partial charge in [-0.05, 0) is 18.2 Å². The quantitative estimate of drug-likeness (QED) is 0.740. The lowest BCUT2D eigenvalue weighted by atomic mass is 10.2. The van der Waals surface area contributed by atoms with Crippen molar-refractivity contribution in [3.8, 4) is 5.06 Å². The van der Waals surface area contributed by atoms with Gasteiger partial charge in [0.1, 0.15) is 12.0 Å². The number of hydrogen-bond donors (Lipinski definition) is 0. The Morgan fingerprint density at radius 2 is 2.27 bits per heavy atom. The summed E-state index contributed by atoms with van der Waals surface area (Å²) in [6, 6.07) is 5.08. The summed E-state index contributed by atoms with van der Waals surface area (Å²) >= 11 is 1.30. The van der Waals surface area contributed by atoms with Gasteiger partial charge < -0.3 is 4.74 Å². The molecule has 0 bridgehead atoms. The summed E-state index contributed by atoms with van der Waals surface area (Å²) in [5.41, 5.74) is 0.398. The highest BCUT2D eigenvalue weighted by Gasteiger charge is 2.12. The van der Waals surface area contributed by atoms with Crippen LogP contribution in [-0.2, 0) is 0 Å². The van der Waals surface area contributed by atoms with Crippen LogP contribution in [0.5, 0.6) is 5.06 Å². The van der Waals surface area contributed by atoms with Crippen LogP contribution in [0.4, 0.5) is 0 Å². The van der Waals surface area contributed by atoms with Gasteiger partial charge in [-0.15, -0.1) is 0 Å². The van der Waals surface area contributed by atoms with Crippen LogP contribution in [0.15, 0.2) is 30.7 Å². The number of carbonyl (C=O) groups excluding carboxylic acids is 1. The van der Waals surface area contributed by atoms with E-state index in [-0.39, 0.29) is 5.78 Å². The lowest BCUT2D eigenvalue weighted by Crippen LogP contribution is -2.01. The number of rotatable bonds is 3. The molecule has 0 spiro atoms. The average Bonchev–Trinajstić information content (AvgIpc) is 2.78. The standard InChI is InChI=1S/C10H8N2O2S/c1-14-9-3-2-8(15-9)10(13)7-4-5-11-6-12-7/h2-6H,1H3. The van der Waals surface area contributed by atoms with Crippen LogP contribution in [0.2, 0.25) is 0 Å². The fraction of sp³-hybridized carbons (Fsp3) is 0.100. The number of methoxy groups -OCH3 is 1. The van der Waals surface area contributed by atoms with E-state index in [1.165, 1.54) is 17.7 Å². The summed E-state index contributed by atoms with van der Waals surface area (Å²) in [6.45, 7) is 0. The normalized spacial score (nSPS) is 9.93. The third-order valence-corrected chi connectivity index (χ3v) is 2.87. The minimum atomic E-state index is -0.106. The average molecular weight is 220 g/mol. The summed E-state index contributed by atoms with van der Waals surface area (Å²) < 4.78 is 5.01. The Hall–Kier alpha value is -1.75. The van der Waals surface area contributed by atoms with Crippen LogP contribution in [0.1, 0.15) is 15.4 Å². The van der Waals surface area contributed by atoms with E-state index in [2.05, 4.69) is 9.97 Å². The maximum Gasteiger partial charge on any atom is 0.221 e. The molecule has 0 saturated carbocycles. The molecule has 2 aromatic heterocycles. The Kier molecular flexibility index (Phi) is 2.73. The Morgan fingerprint density at radius 3 is 2.87 bits per heavy atom. The van der Waals surface area contributed by atoms with Gasteiger partial charge in [0.05, 0.1) is 12.0 Å². The van der Waals surface area contributed by atoms with Gasteiger partial charge in [-0.3, -0.25) is 4.79 Å². The summed E-state index contributed by atoms with van der Waals surface area (Å²) in [5.74, 6) is -0.106. The van der Waals surface area contributed by atoms with E-state index in [4.69, 9.17) is 4.74 Å². The number of nitrogens with zero attached hydrogens (tertiary/aromatic N) is 2. The van der Waals surface area contributed by atoms with E-state index in [9.17, 15) is 4.79 Å². The molecule has 0 N–H and O–H groups in total. The third-order valence-electron chi connectivity index (χ3n) is 1.82. The first-order valence-electron chi connectivity index (χ1n) is 4.26. The predicted molar refractivity (Wildman–Crippen MR) is 56.3 cm³/mol. The lowest BCUT2D eigenvalue weighted by Gasteiger charge is -1.94. The molecule has 2 heterocycles. The largest absolute Gasteiger partial charge is 0.487 e. The molecule has 0 fully saturated rings. The molecule has 0 aliphatic rings. The van der Waals surface area contributed by atoms with Gasteiger partial charge in [0.15, 0.2) is 5.06 Å². The summed E-state index contributed by atoms with van der Waals surface area (Å²) in [5, 5.41) is 0.715. The number of ether oxygens (including phenoxy) is 1. The molecule has 76 valence electrons. The second kappa shape index (κ2) is 4.18. The van der Waals surface area contributed by atoms with E-state index in [1.54, 1.807) is 31.5 Å². The predicted octanol–water partition coefficient (Wildman–Crippen LogP) is 1.78. The topological polar surface area (TPSA) is 52.1 Å². The first kappa shape index (κ1) is 9.79. The number of ketones is 1. The molecular formula is C10H8N2O2S. The Morgan fingerprint density at radius 1 is 1.40 bits per heavy atom. The number of carbonyl (C=O) groups is 1. The van der Waals surface area contributed by atoms with Crippen molar-refractivity contribution in [1.29, 1.82) is 0 Å². The highest BCUT2D eigenvalue weighted by Crippen LogP contribution is 2.25. The van der Waals surface area contributed by atoms with Gasteiger partial charge in [-0.25, -0.2) is 9.97 Å². The van der Waals surface area contributed by atoms with Gasteiger partial charge in [0.25, 0.3) is 0 Å². The van der Waals surface area contributed by atoms with Gasteiger partial charge in [0, 0.05) is 6.20 Å². The fourth-order valence-corrected chi connectivity index (χ4v) is 1.87. The monoisotopic (exact) mass is 220 g/mol. The molecule has 0 aromatic carbocycles. The molecule has 2 aromatic rings. The van der Waals surface area contributed by atoms with Crippen molar-refractivity contribution in [3.05, 3.63) is 41.3 Å². The molecule has 0 saturated heterocycles. The number of aromatic nitrogens is 2. The van der Waals surface area contributed by atoms with Crippen molar-refractivity contribution >= 4 is 17.1 Å². The highest BCUT2D eigenvalue weighted by atomic mass is 32.1. The SMILES string of the molecule is COc1ccc(C(=O)c2ccncn2)s1. The molecule has 0 aliphatic carbocycles. The van der Waals surface area contributed by atoms with Crippen LogP contribution in [0.3, 0.4) is 0 Å². The second-order valence-corrected chi connectivity index (χ2v) is 3.79. The Balaban J connectivity index is 2.29. The summed E-state index contributed by atoms with van der Waals surface area (Å²) in [4.78, 5) is 20.1. The lowest BCUT2D eigenvalue weighted by molar-refractivity contribution is 0.103. The smallest absolute Gasteiger partial charge is 0.221 e. The van der Waals surface area contributed by atoms with Crippen molar-refractivity contribution in [2.75, 3.05) is 7.11 Å². The Bertz CT molecular complexity index is 467. The zero-order valence-corrected chi connectivity index (χ0v) is 8.82. The maximum atomic E-state index is 11.8. The van der Waals surface area contributed by atoms with E-state index >= 15 is 0 Å². The van der Waals surface area contributed by atoms with Gasteiger partial charge >= 0.3 is 0 Å². The molecule has 5 heteroatoms. The zero-order chi connectivity index (χ0) is 10.7. The van der Waals surface area contributed by atoms with Crippen molar-refractivity contribution in [1.82, 2.24) is 9.97 Å². The minimum Gasteiger partial charge on any atom is -0.487 e. The van der Waals surface area contributed by atoms with E-state index < -0.39 is 0 Å². The molecular weight excluding hydrogens is 212 g/mol. The Labute approximate surface area is 90.6 Å². The van der Waals surface area contributed by atoms with E-state index in [1.807, 2.05) is 0 Å². The minimum absolute atomic E-state index is 0.106. The second-order valence-electron chi connectivity index (χ2n) is 2.75. The van der Waals surface area contributed by atoms with Crippen molar-refractivity contribution in [2.45, 2.75) is 0 Å². The van der Waals surface area contributed by atoms with Crippen LogP contribution in [0.25, 0.3) is 0 Å². The van der Waals surface area contributed by atoms with E-state index in [0.717, 1.165) is 0 Å². The number of thiophene rings is 1. The van der Waals surface area contributed by atoms with Crippen LogP contribution < -0.4 is 4.74 Å². The first-order valence-corrected chi connectivity index (χ1v) is 5.07. The summed E-state index contributed by atoms with van der Waals surface area (Å²) in [6.07, 6.45) is 2.91. The highest BCUT2D eigenvalue weighted by molar-refractivity contribution is 7.16. The van der Waals surface area contributed by atoms with Crippen molar-refractivity contribution in [3.63, 3.8) is 0 Å². The van der Waals surface area contributed by atoms with Gasteiger partial charge in [-0.1, -0.05) is 11.3 Å². The molecule has 15 heavy (non-hydrogen) atoms. The molecule has 0 aliphatic heterocycles. The van der Waals surface area contributed by atoms with Crippen molar-refractivity contribution in [2.24, 2.45) is 0 Å². The van der Waals surface area contributed by atoms with Crippen LogP contribution in [0, 0.1) is 0 Å². The third kappa shape index (κ3) is 2.02. The van der Waals surface area contributed by atoms with Crippen LogP contribution in [-0.4, -0.2) is 22.9 Å². The molecule has 0 unspecified atom stereocenters. The maximum absolute atomic E-state index is 11.8. The van der Waals surface area contributed by atoms with Gasteiger partial charge in [-0.2, -0.15) is 0 Å². The van der Waals surface area contributed by atoms with Crippen molar-refractivity contribution < 1.29 is 9.53 Å².